The van der Waals surface area contributed by atoms with Gasteiger partial charge in [-0.2, -0.15) is 5.26 Å². The minimum absolute atomic E-state index is 0.00664. The van der Waals surface area contributed by atoms with Gasteiger partial charge in [-0.05, 0) is 12.1 Å². The highest BCUT2D eigenvalue weighted by molar-refractivity contribution is 7.99. The van der Waals surface area contributed by atoms with Gasteiger partial charge in [-0.1, -0.05) is 11.8 Å². The molecule has 1 amide bonds. The topological polar surface area (TPSA) is 123 Å². The van der Waals surface area contributed by atoms with E-state index in [9.17, 15) is 4.79 Å². The Morgan fingerprint density at radius 2 is 2.45 bits per heavy atom. The number of nitrogens with one attached hydrogen (secondary N) is 1. The predicted octanol–water partition coefficient (Wildman–Crippen LogP) is 0.385. The number of anilines is 1. The second-order valence-corrected chi connectivity index (χ2v) is 4.67. The van der Waals surface area contributed by atoms with Crippen LogP contribution < -0.4 is 11.1 Å². The lowest BCUT2D eigenvalue weighted by atomic mass is 10.4. The van der Waals surface area contributed by atoms with Crippen molar-refractivity contribution in [1.82, 2.24) is 20.1 Å². The summed E-state index contributed by atoms with van der Waals surface area (Å²) in [7, 11) is 0. The van der Waals surface area contributed by atoms with E-state index >= 15 is 0 Å². The van der Waals surface area contributed by atoms with Crippen molar-refractivity contribution in [3.63, 3.8) is 0 Å². The number of nitrogens with two attached hydrogens (primary N) is 1. The van der Waals surface area contributed by atoms with Gasteiger partial charge in [-0.3, -0.25) is 9.36 Å². The van der Waals surface area contributed by atoms with Crippen LogP contribution in [0.4, 0.5) is 5.95 Å². The third-order valence-corrected chi connectivity index (χ3v) is 3.19. The Morgan fingerprint density at radius 1 is 1.60 bits per heavy atom. The second kappa shape index (κ2) is 6.63. The fourth-order valence-electron chi connectivity index (χ4n) is 1.45. The standard InChI is InChI=1S/C11H12N6O2S/c12-3-5-20-11-16-15-10(13)17(11)7-9(18)14-6-8-2-1-4-19-8/h1-2,4H,5-7H2,(H2,13,15)(H,14,18). The second-order valence-electron chi connectivity index (χ2n) is 3.73. The molecule has 0 atom stereocenters. The Bertz CT molecular complexity index is 615. The lowest BCUT2D eigenvalue weighted by Gasteiger charge is -2.07. The molecular weight excluding hydrogens is 280 g/mol. The number of nitriles is 1. The maximum Gasteiger partial charge on any atom is 0.240 e. The van der Waals surface area contributed by atoms with Gasteiger partial charge in [-0.15, -0.1) is 10.2 Å². The minimum Gasteiger partial charge on any atom is -0.467 e. The summed E-state index contributed by atoms with van der Waals surface area (Å²) >= 11 is 1.18. The molecule has 9 heteroatoms. The van der Waals surface area contributed by atoms with E-state index < -0.39 is 0 Å². The maximum atomic E-state index is 11.8. The summed E-state index contributed by atoms with van der Waals surface area (Å²) < 4.78 is 6.57. The molecule has 0 fully saturated rings. The number of nitrogen functional groups attached to an aromatic ring is 1. The summed E-state index contributed by atoms with van der Waals surface area (Å²) in [6.45, 7) is 0.293. The molecule has 0 aliphatic carbocycles. The molecule has 8 nitrogen and oxygen atoms in total. The first-order valence-electron chi connectivity index (χ1n) is 5.68. The molecule has 0 aliphatic rings. The molecule has 0 spiro atoms. The highest BCUT2D eigenvalue weighted by atomic mass is 32.2. The molecule has 2 heterocycles. The van der Waals surface area contributed by atoms with Gasteiger partial charge in [0.25, 0.3) is 0 Å². The fourth-order valence-corrected chi connectivity index (χ4v) is 2.06. The molecule has 0 aliphatic heterocycles. The van der Waals surface area contributed by atoms with Crippen molar-refractivity contribution in [2.75, 3.05) is 11.5 Å². The number of hydrogen-bond donors (Lipinski definition) is 2. The minimum atomic E-state index is -0.244. The number of furan rings is 1. The molecule has 0 unspecified atom stereocenters. The zero-order chi connectivity index (χ0) is 14.4. The van der Waals surface area contributed by atoms with Crippen molar-refractivity contribution in [2.45, 2.75) is 18.2 Å². The first kappa shape index (κ1) is 14.0. The van der Waals surface area contributed by atoms with Gasteiger partial charge in [0.2, 0.25) is 11.9 Å². The van der Waals surface area contributed by atoms with E-state index in [0.29, 0.717) is 17.5 Å². The number of nitrogens with zero attached hydrogens (tertiary/aromatic N) is 4. The third kappa shape index (κ3) is 3.52. The monoisotopic (exact) mass is 292 g/mol. The largest absolute Gasteiger partial charge is 0.467 e. The zero-order valence-electron chi connectivity index (χ0n) is 10.4. The number of hydrogen-bond acceptors (Lipinski definition) is 7. The zero-order valence-corrected chi connectivity index (χ0v) is 11.3. The van der Waals surface area contributed by atoms with Crippen LogP contribution in [0, 0.1) is 11.3 Å². The van der Waals surface area contributed by atoms with E-state index in [2.05, 4.69) is 15.5 Å². The number of rotatable bonds is 6. The third-order valence-electron chi connectivity index (χ3n) is 2.35. The lowest BCUT2D eigenvalue weighted by molar-refractivity contribution is -0.122. The van der Waals surface area contributed by atoms with Crippen molar-refractivity contribution in [1.29, 1.82) is 5.26 Å². The van der Waals surface area contributed by atoms with Crippen LogP contribution in [0.25, 0.3) is 0 Å². The Labute approximate surface area is 119 Å². The maximum absolute atomic E-state index is 11.8. The van der Waals surface area contributed by atoms with Gasteiger partial charge in [0.05, 0.1) is 24.6 Å². The number of carbonyl (C=O) groups is 1. The highest BCUT2D eigenvalue weighted by Crippen LogP contribution is 2.17. The van der Waals surface area contributed by atoms with Crippen molar-refractivity contribution in [2.24, 2.45) is 0 Å². The normalized spacial score (nSPS) is 10.2. The molecule has 2 rings (SSSR count). The van der Waals surface area contributed by atoms with Gasteiger partial charge in [0.15, 0.2) is 5.16 Å². The molecule has 0 bridgehead atoms. The van der Waals surface area contributed by atoms with E-state index in [-0.39, 0.29) is 24.2 Å². The Morgan fingerprint density at radius 3 is 3.15 bits per heavy atom. The summed E-state index contributed by atoms with van der Waals surface area (Å²) in [5, 5.41) is 19.2. The summed E-state index contributed by atoms with van der Waals surface area (Å²) in [5.41, 5.74) is 5.65. The number of thioether (sulfide) groups is 1. The van der Waals surface area contributed by atoms with Crippen LogP contribution in [0.2, 0.25) is 0 Å². The first-order valence-corrected chi connectivity index (χ1v) is 6.66. The van der Waals surface area contributed by atoms with Crippen molar-refractivity contribution >= 4 is 23.6 Å². The van der Waals surface area contributed by atoms with E-state index in [1.165, 1.54) is 22.6 Å². The Kier molecular flexibility index (Phi) is 4.62. The van der Waals surface area contributed by atoms with Crippen LogP contribution in [0.3, 0.4) is 0 Å². The van der Waals surface area contributed by atoms with Crippen molar-refractivity contribution < 1.29 is 9.21 Å². The van der Waals surface area contributed by atoms with Crippen LogP contribution in [0.1, 0.15) is 5.76 Å². The van der Waals surface area contributed by atoms with Crippen LogP contribution in [0.15, 0.2) is 28.0 Å². The van der Waals surface area contributed by atoms with E-state index in [1.54, 1.807) is 12.1 Å². The molecule has 2 aromatic rings. The average Bonchev–Trinajstić information content (AvgIpc) is 3.06. The van der Waals surface area contributed by atoms with Crippen LogP contribution in [-0.4, -0.2) is 26.4 Å². The van der Waals surface area contributed by atoms with E-state index in [1.807, 2.05) is 6.07 Å². The van der Waals surface area contributed by atoms with Crippen LogP contribution in [-0.2, 0) is 17.9 Å². The quantitative estimate of drug-likeness (QED) is 0.738. The van der Waals surface area contributed by atoms with Gasteiger partial charge >= 0.3 is 0 Å². The molecule has 0 radical (unpaired) electrons. The van der Waals surface area contributed by atoms with Gasteiger partial charge in [-0.25, -0.2) is 0 Å². The van der Waals surface area contributed by atoms with Gasteiger partial charge in [0.1, 0.15) is 12.3 Å². The Balaban J connectivity index is 1.93. The van der Waals surface area contributed by atoms with Gasteiger partial charge < -0.3 is 15.5 Å². The first-order chi connectivity index (χ1) is 9.70. The number of aromatic nitrogens is 3. The summed E-state index contributed by atoms with van der Waals surface area (Å²) in [6, 6.07) is 5.49. The molecule has 2 aromatic heterocycles. The van der Waals surface area contributed by atoms with Crippen LogP contribution in [0.5, 0.6) is 0 Å². The molecule has 0 saturated carbocycles. The van der Waals surface area contributed by atoms with Crippen molar-refractivity contribution in [3.8, 4) is 6.07 Å². The predicted molar refractivity (Wildman–Crippen MR) is 71.3 cm³/mol. The molecule has 0 aromatic carbocycles. The lowest BCUT2D eigenvalue weighted by Crippen LogP contribution is -2.27. The summed E-state index contributed by atoms with van der Waals surface area (Å²) in [5.74, 6) is 0.769. The van der Waals surface area contributed by atoms with E-state index in [0.717, 1.165) is 0 Å². The van der Waals surface area contributed by atoms with E-state index in [4.69, 9.17) is 15.4 Å². The van der Waals surface area contributed by atoms with Gasteiger partial charge in [0, 0.05) is 0 Å². The summed E-state index contributed by atoms with van der Waals surface area (Å²) in [4.78, 5) is 11.8. The SMILES string of the molecule is N#CCSc1nnc(N)n1CC(=O)NCc1ccco1. The van der Waals surface area contributed by atoms with Crippen LogP contribution >= 0.6 is 11.8 Å². The summed E-state index contributed by atoms with van der Waals surface area (Å²) in [6.07, 6.45) is 1.54. The molecule has 3 N–H and O–H groups in total. The Hall–Kier alpha value is -2.47. The molecule has 0 saturated heterocycles. The smallest absolute Gasteiger partial charge is 0.240 e. The number of carbonyl (C=O) groups excluding carboxylic acids is 1. The fraction of sp³-hybridized carbons (Fsp3) is 0.273. The number of amides is 1. The average molecular weight is 292 g/mol. The molecule has 20 heavy (non-hydrogen) atoms. The van der Waals surface area contributed by atoms with Crippen molar-refractivity contribution in [3.05, 3.63) is 24.2 Å². The highest BCUT2D eigenvalue weighted by Gasteiger charge is 2.13. The molecule has 104 valence electrons. The molecular formula is C11H12N6O2S.